The molecule has 0 aliphatic heterocycles. The minimum Gasteiger partial charge on any atom is -0.457 e. The van der Waals surface area contributed by atoms with E-state index >= 15 is 0 Å². The fourth-order valence-corrected chi connectivity index (χ4v) is 1.99. The molecule has 0 atom stereocenters. The Morgan fingerprint density at radius 2 is 1.81 bits per heavy atom. The van der Waals surface area contributed by atoms with Gasteiger partial charge in [0.15, 0.2) is 0 Å². The third-order valence-corrected chi connectivity index (χ3v) is 3.32. The van der Waals surface area contributed by atoms with E-state index < -0.39 is 0 Å². The van der Waals surface area contributed by atoms with E-state index in [4.69, 9.17) is 4.74 Å². The molecule has 0 spiro atoms. The molecule has 2 nitrogen and oxygen atoms in total. The predicted octanol–water partition coefficient (Wildman–Crippen LogP) is 4.73. The lowest BCUT2D eigenvalue weighted by molar-refractivity contribution is 0.474. The summed E-state index contributed by atoms with van der Waals surface area (Å²) in [6, 6.07) is 11.4. The van der Waals surface area contributed by atoms with Gasteiger partial charge in [0.1, 0.15) is 17.3 Å². The first-order valence-electron chi connectivity index (χ1n) is 7.22. The zero-order valence-corrected chi connectivity index (χ0v) is 13.0. The van der Waals surface area contributed by atoms with Crippen molar-refractivity contribution >= 4 is 0 Å². The van der Waals surface area contributed by atoms with E-state index in [1.54, 1.807) is 19.1 Å². The molecule has 0 aromatic heterocycles. The Morgan fingerprint density at radius 1 is 1.05 bits per heavy atom. The Balaban J connectivity index is 2.18. The quantitative estimate of drug-likeness (QED) is 0.858. The summed E-state index contributed by atoms with van der Waals surface area (Å²) in [5.41, 5.74) is 2.82. The van der Waals surface area contributed by atoms with Gasteiger partial charge >= 0.3 is 0 Å². The van der Waals surface area contributed by atoms with Gasteiger partial charge in [-0.1, -0.05) is 26.0 Å². The van der Waals surface area contributed by atoms with E-state index in [-0.39, 0.29) is 5.82 Å². The standard InChI is InChI=1S/C18H22FNO/c1-12(2)20-11-15-6-5-13(3)18(10-15)21-16-7-8-17(19)14(4)9-16/h5-10,12,20H,11H2,1-4H3. The van der Waals surface area contributed by atoms with Crippen molar-refractivity contribution in [3.05, 3.63) is 58.9 Å². The van der Waals surface area contributed by atoms with E-state index in [0.29, 0.717) is 17.4 Å². The number of ether oxygens (including phenoxy) is 1. The summed E-state index contributed by atoms with van der Waals surface area (Å²) in [5, 5.41) is 3.38. The van der Waals surface area contributed by atoms with Crippen LogP contribution < -0.4 is 10.1 Å². The molecule has 0 fully saturated rings. The predicted molar refractivity (Wildman–Crippen MR) is 84.4 cm³/mol. The van der Waals surface area contributed by atoms with Crippen LogP contribution in [0.15, 0.2) is 36.4 Å². The number of benzene rings is 2. The van der Waals surface area contributed by atoms with Crippen molar-refractivity contribution in [2.24, 2.45) is 0 Å². The average molecular weight is 287 g/mol. The Labute approximate surface area is 126 Å². The van der Waals surface area contributed by atoms with Crippen LogP contribution in [0.5, 0.6) is 11.5 Å². The molecule has 112 valence electrons. The SMILES string of the molecule is Cc1cc(Oc2cc(CNC(C)C)ccc2C)ccc1F. The second-order valence-electron chi connectivity index (χ2n) is 5.65. The van der Waals surface area contributed by atoms with Crippen molar-refractivity contribution in [2.75, 3.05) is 0 Å². The van der Waals surface area contributed by atoms with Crippen molar-refractivity contribution in [1.29, 1.82) is 0 Å². The van der Waals surface area contributed by atoms with Crippen molar-refractivity contribution in [1.82, 2.24) is 5.32 Å². The zero-order valence-electron chi connectivity index (χ0n) is 13.0. The molecule has 0 saturated carbocycles. The van der Waals surface area contributed by atoms with Crippen LogP contribution in [0, 0.1) is 19.7 Å². The number of halogens is 1. The largest absolute Gasteiger partial charge is 0.457 e. The molecule has 0 unspecified atom stereocenters. The third kappa shape index (κ3) is 4.30. The van der Waals surface area contributed by atoms with Gasteiger partial charge in [-0.25, -0.2) is 4.39 Å². The highest BCUT2D eigenvalue weighted by Crippen LogP contribution is 2.27. The maximum absolute atomic E-state index is 13.3. The average Bonchev–Trinajstić information content (AvgIpc) is 2.43. The second-order valence-corrected chi connectivity index (χ2v) is 5.65. The topological polar surface area (TPSA) is 21.3 Å². The molecule has 1 N–H and O–H groups in total. The summed E-state index contributed by atoms with van der Waals surface area (Å²) in [6.45, 7) is 8.78. The van der Waals surface area contributed by atoms with Crippen LogP contribution in [0.25, 0.3) is 0 Å². The molecular weight excluding hydrogens is 265 g/mol. The number of rotatable bonds is 5. The molecule has 2 aromatic carbocycles. The van der Waals surface area contributed by atoms with Gasteiger partial charge in [0.2, 0.25) is 0 Å². The molecule has 2 aromatic rings. The summed E-state index contributed by atoms with van der Waals surface area (Å²) in [5.74, 6) is 1.25. The van der Waals surface area contributed by atoms with E-state index in [1.165, 1.54) is 11.6 Å². The van der Waals surface area contributed by atoms with Crippen LogP contribution in [0.1, 0.15) is 30.5 Å². The highest BCUT2D eigenvalue weighted by Gasteiger charge is 2.06. The fourth-order valence-electron chi connectivity index (χ4n) is 1.99. The molecular formula is C18H22FNO. The van der Waals surface area contributed by atoms with Gasteiger partial charge in [-0.3, -0.25) is 0 Å². The number of hydrogen-bond donors (Lipinski definition) is 1. The molecule has 3 heteroatoms. The molecule has 0 heterocycles. The monoisotopic (exact) mass is 287 g/mol. The van der Waals surface area contributed by atoms with Gasteiger partial charge in [-0.15, -0.1) is 0 Å². The van der Waals surface area contributed by atoms with Crippen LogP contribution in [-0.4, -0.2) is 6.04 Å². The van der Waals surface area contributed by atoms with Gasteiger partial charge in [0.05, 0.1) is 0 Å². The maximum atomic E-state index is 13.3. The van der Waals surface area contributed by atoms with Crippen LogP contribution in [0.2, 0.25) is 0 Å². The molecule has 0 aliphatic carbocycles. The van der Waals surface area contributed by atoms with E-state index in [1.807, 2.05) is 19.1 Å². The van der Waals surface area contributed by atoms with Crippen LogP contribution >= 0.6 is 0 Å². The number of hydrogen-bond acceptors (Lipinski definition) is 2. The van der Waals surface area contributed by atoms with Gasteiger partial charge in [0, 0.05) is 12.6 Å². The molecule has 0 aliphatic rings. The van der Waals surface area contributed by atoms with Gasteiger partial charge in [-0.05, 0) is 54.8 Å². The maximum Gasteiger partial charge on any atom is 0.130 e. The van der Waals surface area contributed by atoms with Gasteiger partial charge in [0.25, 0.3) is 0 Å². The lowest BCUT2D eigenvalue weighted by Gasteiger charge is -2.13. The molecule has 2 rings (SSSR count). The lowest BCUT2D eigenvalue weighted by Crippen LogP contribution is -2.21. The van der Waals surface area contributed by atoms with Gasteiger partial charge < -0.3 is 10.1 Å². The molecule has 21 heavy (non-hydrogen) atoms. The van der Waals surface area contributed by atoms with Crippen LogP contribution in [0.4, 0.5) is 4.39 Å². The fraction of sp³-hybridized carbons (Fsp3) is 0.333. The van der Waals surface area contributed by atoms with Crippen LogP contribution in [-0.2, 0) is 6.54 Å². The van der Waals surface area contributed by atoms with E-state index in [9.17, 15) is 4.39 Å². The first kappa shape index (κ1) is 15.5. The van der Waals surface area contributed by atoms with Crippen LogP contribution in [0.3, 0.4) is 0 Å². The summed E-state index contributed by atoms with van der Waals surface area (Å²) < 4.78 is 19.2. The number of nitrogens with one attached hydrogen (secondary N) is 1. The summed E-state index contributed by atoms with van der Waals surface area (Å²) in [6.07, 6.45) is 0. The van der Waals surface area contributed by atoms with E-state index in [2.05, 4.69) is 25.2 Å². The van der Waals surface area contributed by atoms with Crippen molar-refractivity contribution in [2.45, 2.75) is 40.3 Å². The molecule has 0 bridgehead atoms. The third-order valence-electron chi connectivity index (χ3n) is 3.32. The zero-order chi connectivity index (χ0) is 15.4. The summed E-state index contributed by atoms with van der Waals surface area (Å²) in [4.78, 5) is 0. The number of aryl methyl sites for hydroxylation is 2. The first-order chi connectivity index (χ1) is 9.95. The Morgan fingerprint density at radius 3 is 2.48 bits per heavy atom. The summed E-state index contributed by atoms with van der Waals surface area (Å²) >= 11 is 0. The first-order valence-corrected chi connectivity index (χ1v) is 7.22. The minimum absolute atomic E-state index is 0.214. The minimum atomic E-state index is -0.214. The molecule has 0 saturated heterocycles. The summed E-state index contributed by atoms with van der Waals surface area (Å²) in [7, 11) is 0. The van der Waals surface area contributed by atoms with E-state index in [0.717, 1.165) is 17.9 Å². The van der Waals surface area contributed by atoms with Crippen molar-refractivity contribution < 1.29 is 9.13 Å². The Kier molecular flexibility index (Phi) is 4.97. The highest BCUT2D eigenvalue weighted by atomic mass is 19.1. The Bertz CT molecular complexity index is 623. The normalized spacial score (nSPS) is 11.0. The van der Waals surface area contributed by atoms with Crippen molar-refractivity contribution in [3.63, 3.8) is 0 Å². The lowest BCUT2D eigenvalue weighted by atomic mass is 10.1. The Hall–Kier alpha value is -1.87. The second kappa shape index (κ2) is 6.72. The van der Waals surface area contributed by atoms with Gasteiger partial charge in [-0.2, -0.15) is 0 Å². The smallest absolute Gasteiger partial charge is 0.130 e. The molecule has 0 amide bonds. The van der Waals surface area contributed by atoms with Crippen molar-refractivity contribution in [3.8, 4) is 11.5 Å². The highest BCUT2D eigenvalue weighted by molar-refractivity contribution is 5.41. The molecule has 0 radical (unpaired) electrons.